The molecule has 1 saturated carbocycles. The number of thiazole rings is 1. The van der Waals surface area contributed by atoms with Gasteiger partial charge in [0.05, 0.1) is 16.8 Å². The fourth-order valence-corrected chi connectivity index (χ4v) is 4.71. The van der Waals surface area contributed by atoms with Gasteiger partial charge in [-0.05, 0) is 24.3 Å². The summed E-state index contributed by atoms with van der Waals surface area (Å²) in [5.74, 6) is -0.341. The predicted octanol–water partition coefficient (Wildman–Crippen LogP) is 3.38. The highest BCUT2D eigenvalue weighted by Gasteiger charge is 2.18. The molecule has 3 aromatic rings. The van der Waals surface area contributed by atoms with Gasteiger partial charge in [-0.1, -0.05) is 18.9 Å². The topological polar surface area (TPSA) is 88.9 Å². The van der Waals surface area contributed by atoms with Gasteiger partial charge in [-0.15, -0.1) is 22.7 Å². The number of anilines is 1. The van der Waals surface area contributed by atoms with Gasteiger partial charge in [0.1, 0.15) is 17.2 Å². The average Bonchev–Trinajstić information content (AvgIpc) is 3.43. The van der Waals surface area contributed by atoms with E-state index in [2.05, 4.69) is 20.7 Å². The summed E-state index contributed by atoms with van der Waals surface area (Å²) in [4.78, 5) is 29.9. The van der Waals surface area contributed by atoms with Gasteiger partial charge < -0.3 is 10.6 Å². The SMILES string of the molecule is O=C(Cn1cc(NC(=O)c2csc(-c3cccs3)n2)cn1)NC1CCCC1. The monoisotopic (exact) mass is 401 g/mol. The Morgan fingerprint density at radius 3 is 2.89 bits per heavy atom. The average molecular weight is 402 g/mol. The van der Waals surface area contributed by atoms with Crippen LogP contribution in [0.15, 0.2) is 35.3 Å². The first-order chi connectivity index (χ1) is 13.2. The maximum atomic E-state index is 12.4. The van der Waals surface area contributed by atoms with Gasteiger partial charge in [-0.25, -0.2) is 4.98 Å². The second-order valence-electron chi connectivity index (χ2n) is 6.44. The third-order valence-corrected chi connectivity index (χ3v) is 6.27. The summed E-state index contributed by atoms with van der Waals surface area (Å²) >= 11 is 3.03. The quantitative estimate of drug-likeness (QED) is 0.663. The zero-order chi connectivity index (χ0) is 18.6. The lowest BCUT2D eigenvalue weighted by Gasteiger charge is -2.11. The van der Waals surface area contributed by atoms with Crippen LogP contribution >= 0.6 is 22.7 Å². The van der Waals surface area contributed by atoms with Crippen molar-refractivity contribution in [3.63, 3.8) is 0 Å². The van der Waals surface area contributed by atoms with E-state index < -0.39 is 0 Å². The number of nitrogens with zero attached hydrogens (tertiary/aromatic N) is 3. The standard InChI is InChI=1S/C18H19N5O2S2/c24-16(20-12-4-1-2-5-12)10-23-9-13(8-19-23)21-17(25)14-11-27-18(22-14)15-6-3-7-26-15/h3,6-9,11-12H,1-2,4-5,10H2,(H,20,24)(H,21,25). The zero-order valence-corrected chi connectivity index (χ0v) is 16.2. The Hall–Kier alpha value is -2.52. The molecule has 7 nitrogen and oxygen atoms in total. The molecular formula is C18H19N5O2S2. The summed E-state index contributed by atoms with van der Waals surface area (Å²) in [5.41, 5.74) is 0.912. The molecule has 2 N–H and O–H groups in total. The highest BCUT2D eigenvalue weighted by molar-refractivity contribution is 7.20. The first-order valence-electron chi connectivity index (χ1n) is 8.80. The Bertz CT molecular complexity index is 925. The Labute approximate surface area is 164 Å². The highest BCUT2D eigenvalue weighted by Crippen LogP contribution is 2.28. The minimum atomic E-state index is -0.288. The lowest BCUT2D eigenvalue weighted by molar-refractivity contribution is -0.122. The van der Waals surface area contributed by atoms with Crippen molar-refractivity contribution >= 4 is 40.2 Å². The number of carbonyl (C=O) groups is 2. The van der Waals surface area contributed by atoms with Crippen LogP contribution in [0.2, 0.25) is 0 Å². The van der Waals surface area contributed by atoms with Gasteiger partial charge in [0.15, 0.2) is 0 Å². The normalized spacial score (nSPS) is 14.4. The molecule has 0 bridgehead atoms. The summed E-state index contributed by atoms with van der Waals surface area (Å²) in [6, 6.07) is 4.22. The maximum Gasteiger partial charge on any atom is 0.275 e. The van der Waals surface area contributed by atoms with Crippen molar-refractivity contribution in [2.24, 2.45) is 0 Å². The Morgan fingerprint density at radius 1 is 1.26 bits per heavy atom. The number of hydrogen-bond acceptors (Lipinski definition) is 6. The molecule has 0 aromatic carbocycles. The van der Waals surface area contributed by atoms with Crippen LogP contribution in [0.1, 0.15) is 36.2 Å². The molecule has 4 rings (SSSR count). The first kappa shape index (κ1) is 17.9. The van der Waals surface area contributed by atoms with Crippen LogP contribution < -0.4 is 10.6 Å². The molecule has 3 aromatic heterocycles. The van der Waals surface area contributed by atoms with Crippen LogP contribution in [-0.2, 0) is 11.3 Å². The third-order valence-electron chi connectivity index (χ3n) is 4.39. The molecular weight excluding hydrogens is 382 g/mol. The van der Waals surface area contributed by atoms with Crippen LogP contribution in [0.5, 0.6) is 0 Å². The van der Waals surface area contributed by atoms with Gasteiger partial charge >= 0.3 is 0 Å². The smallest absolute Gasteiger partial charge is 0.275 e. The molecule has 9 heteroatoms. The van der Waals surface area contributed by atoms with E-state index in [1.165, 1.54) is 35.1 Å². The molecule has 3 heterocycles. The Morgan fingerprint density at radius 2 is 2.11 bits per heavy atom. The van der Waals surface area contributed by atoms with Gasteiger partial charge in [0, 0.05) is 17.6 Å². The van der Waals surface area contributed by atoms with Crippen LogP contribution in [0.3, 0.4) is 0 Å². The molecule has 0 aliphatic heterocycles. The Kier molecular flexibility index (Phi) is 5.30. The van der Waals surface area contributed by atoms with Crippen molar-refractivity contribution in [2.75, 3.05) is 5.32 Å². The van der Waals surface area contributed by atoms with E-state index in [0.717, 1.165) is 22.7 Å². The van der Waals surface area contributed by atoms with Gasteiger partial charge in [-0.3, -0.25) is 14.3 Å². The summed E-state index contributed by atoms with van der Waals surface area (Å²) < 4.78 is 1.53. The molecule has 0 spiro atoms. The second kappa shape index (κ2) is 8.01. The molecule has 140 valence electrons. The number of hydrogen-bond donors (Lipinski definition) is 2. The summed E-state index contributed by atoms with van der Waals surface area (Å²) in [6.07, 6.45) is 7.63. The minimum Gasteiger partial charge on any atom is -0.352 e. The number of nitrogens with one attached hydrogen (secondary N) is 2. The lowest BCUT2D eigenvalue weighted by Crippen LogP contribution is -2.35. The number of rotatable bonds is 6. The van der Waals surface area contributed by atoms with Crippen molar-refractivity contribution in [2.45, 2.75) is 38.3 Å². The fourth-order valence-electron chi connectivity index (χ4n) is 3.09. The Balaban J connectivity index is 1.33. The maximum absolute atomic E-state index is 12.4. The third kappa shape index (κ3) is 4.42. The van der Waals surface area contributed by atoms with Crippen molar-refractivity contribution < 1.29 is 9.59 Å². The van der Waals surface area contributed by atoms with E-state index in [9.17, 15) is 9.59 Å². The number of thiophene rings is 1. The zero-order valence-electron chi connectivity index (χ0n) is 14.6. The largest absolute Gasteiger partial charge is 0.352 e. The van der Waals surface area contributed by atoms with Crippen molar-refractivity contribution in [3.05, 3.63) is 41.0 Å². The van der Waals surface area contributed by atoms with Crippen LogP contribution in [0.25, 0.3) is 9.88 Å². The number of carbonyl (C=O) groups excluding carboxylic acids is 2. The molecule has 0 saturated heterocycles. The summed E-state index contributed by atoms with van der Waals surface area (Å²) in [5, 5.41) is 14.5. The molecule has 1 aliphatic rings. The molecule has 27 heavy (non-hydrogen) atoms. The highest BCUT2D eigenvalue weighted by atomic mass is 32.1. The van der Waals surface area contributed by atoms with E-state index >= 15 is 0 Å². The van der Waals surface area contributed by atoms with Crippen LogP contribution in [0, 0.1) is 0 Å². The van der Waals surface area contributed by atoms with Gasteiger partial charge in [0.25, 0.3) is 5.91 Å². The molecule has 1 fully saturated rings. The number of aromatic nitrogens is 3. The van der Waals surface area contributed by atoms with Gasteiger partial charge in [0.2, 0.25) is 5.91 Å². The van der Waals surface area contributed by atoms with Crippen molar-refractivity contribution in [1.29, 1.82) is 0 Å². The van der Waals surface area contributed by atoms with Crippen LogP contribution in [0.4, 0.5) is 5.69 Å². The summed E-state index contributed by atoms with van der Waals surface area (Å²) in [6.45, 7) is 0.144. The van der Waals surface area contributed by atoms with E-state index in [4.69, 9.17) is 0 Å². The molecule has 0 unspecified atom stereocenters. The van der Waals surface area contributed by atoms with E-state index in [-0.39, 0.29) is 24.4 Å². The molecule has 0 atom stereocenters. The molecule has 1 aliphatic carbocycles. The van der Waals surface area contributed by atoms with Crippen molar-refractivity contribution in [1.82, 2.24) is 20.1 Å². The van der Waals surface area contributed by atoms with E-state index in [0.29, 0.717) is 11.4 Å². The second-order valence-corrected chi connectivity index (χ2v) is 8.25. The number of amides is 2. The predicted molar refractivity (Wildman–Crippen MR) is 106 cm³/mol. The molecule has 0 radical (unpaired) electrons. The first-order valence-corrected chi connectivity index (χ1v) is 10.6. The van der Waals surface area contributed by atoms with Gasteiger partial charge in [-0.2, -0.15) is 5.10 Å². The summed E-state index contributed by atoms with van der Waals surface area (Å²) in [7, 11) is 0. The van der Waals surface area contributed by atoms with Crippen LogP contribution in [-0.4, -0.2) is 32.6 Å². The fraction of sp³-hybridized carbons (Fsp3) is 0.333. The van der Waals surface area contributed by atoms with Crippen molar-refractivity contribution in [3.8, 4) is 9.88 Å². The van der Waals surface area contributed by atoms with E-state index in [1.54, 1.807) is 22.9 Å². The molecule has 2 amide bonds. The lowest BCUT2D eigenvalue weighted by atomic mass is 10.2. The minimum absolute atomic E-state index is 0.0528. The van der Waals surface area contributed by atoms with E-state index in [1.807, 2.05) is 17.5 Å².